The number of rotatable bonds is 8. The lowest BCUT2D eigenvalue weighted by molar-refractivity contribution is -0.122. The van der Waals surface area contributed by atoms with Crippen LogP contribution in [0.5, 0.6) is 11.5 Å². The number of amides is 4. The Labute approximate surface area is 235 Å². The Balaban J connectivity index is 1.40. The molecule has 0 bridgehead atoms. The summed E-state index contributed by atoms with van der Waals surface area (Å²) in [7, 11) is 1.25. The highest BCUT2D eigenvalue weighted by molar-refractivity contribution is 6.39. The van der Waals surface area contributed by atoms with Crippen LogP contribution in [0.4, 0.5) is 10.5 Å². The number of barbiturate groups is 1. The van der Waals surface area contributed by atoms with Crippen LogP contribution >= 0.6 is 0 Å². The lowest BCUT2D eigenvalue weighted by Gasteiger charge is -2.26. The molecule has 1 aliphatic heterocycles. The maximum absolute atomic E-state index is 13.3. The van der Waals surface area contributed by atoms with E-state index in [1.54, 1.807) is 18.2 Å². The molecule has 4 aromatic rings. The van der Waals surface area contributed by atoms with Crippen LogP contribution in [-0.4, -0.2) is 37.5 Å². The third-order valence-electron chi connectivity index (χ3n) is 6.49. The molecule has 0 spiro atoms. The molecule has 4 amide bonds. The number of benzene rings is 4. The molecule has 0 radical (unpaired) electrons. The van der Waals surface area contributed by atoms with Crippen LogP contribution in [0.3, 0.4) is 0 Å². The number of esters is 1. The van der Waals surface area contributed by atoms with Crippen molar-refractivity contribution in [2.24, 2.45) is 0 Å². The topological polar surface area (TPSA) is 111 Å². The number of fused-ring (bicyclic) bond motifs is 1. The third-order valence-corrected chi connectivity index (χ3v) is 6.49. The first-order valence-electron chi connectivity index (χ1n) is 12.9. The maximum atomic E-state index is 13.3. The van der Waals surface area contributed by atoms with Crippen molar-refractivity contribution < 1.29 is 33.4 Å². The molecule has 1 saturated heterocycles. The van der Waals surface area contributed by atoms with Gasteiger partial charge >= 0.3 is 12.0 Å². The normalized spacial score (nSPS) is 14.2. The maximum Gasteiger partial charge on any atom is 0.337 e. The van der Waals surface area contributed by atoms with E-state index in [1.807, 2.05) is 49.4 Å². The minimum Gasteiger partial charge on any atom is -0.490 e. The lowest BCUT2D eigenvalue weighted by Crippen LogP contribution is -2.54. The minimum atomic E-state index is -0.893. The summed E-state index contributed by atoms with van der Waals surface area (Å²) in [6, 6.07) is 24.0. The molecule has 5 rings (SSSR count). The van der Waals surface area contributed by atoms with Crippen LogP contribution in [0, 0.1) is 0 Å². The number of hydrogen-bond acceptors (Lipinski definition) is 7. The van der Waals surface area contributed by atoms with E-state index >= 15 is 0 Å². The van der Waals surface area contributed by atoms with Crippen molar-refractivity contribution in [3.8, 4) is 11.5 Å². The standard InChI is InChI=1S/C32H26N2O7/c1-3-40-28-18-20(11-16-27(28)41-19-23-9-6-8-21-7-4-5-10-25(21)23)17-26-29(35)33-32(38)34(30(26)36)24-14-12-22(13-15-24)31(37)39-2/h4-18H,3,19H2,1-2H3,(H,33,35,38)/b26-17+. The number of imide groups is 2. The van der Waals surface area contributed by atoms with E-state index in [4.69, 9.17) is 9.47 Å². The molecule has 206 valence electrons. The summed E-state index contributed by atoms with van der Waals surface area (Å²) >= 11 is 0. The number of carbonyl (C=O) groups excluding carboxylic acids is 4. The molecule has 0 aromatic heterocycles. The van der Waals surface area contributed by atoms with Gasteiger partial charge in [0.2, 0.25) is 0 Å². The number of nitrogens with zero attached hydrogens (tertiary/aromatic N) is 1. The summed E-state index contributed by atoms with van der Waals surface area (Å²) in [4.78, 5) is 51.1. The molecule has 9 heteroatoms. The Hall–Kier alpha value is -5.44. The van der Waals surface area contributed by atoms with Crippen LogP contribution in [0.1, 0.15) is 28.4 Å². The molecule has 41 heavy (non-hydrogen) atoms. The fourth-order valence-corrected chi connectivity index (χ4v) is 4.50. The zero-order valence-corrected chi connectivity index (χ0v) is 22.4. The van der Waals surface area contributed by atoms with Crippen LogP contribution in [-0.2, 0) is 20.9 Å². The molecule has 1 heterocycles. The van der Waals surface area contributed by atoms with Gasteiger partial charge < -0.3 is 14.2 Å². The molecule has 0 saturated carbocycles. The molecule has 1 fully saturated rings. The summed E-state index contributed by atoms with van der Waals surface area (Å²) in [5, 5.41) is 4.40. The number of hydrogen-bond donors (Lipinski definition) is 1. The Morgan fingerprint density at radius 3 is 2.39 bits per heavy atom. The predicted octanol–water partition coefficient (Wildman–Crippen LogP) is 5.27. The van der Waals surface area contributed by atoms with Gasteiger partial charge in [-0.05, 0) is 71.3 Å². The zero-order chi connectivity index (χ0) is 28.9. The minimum absolute atomic E-state index is 0.186. The molecular formula is C32H26N2O7. The molecule has 0 aliphatic carbocycles. The van der Waals surface area contributed by atoms with Crippen molar-refractivity contribution in [1.29, 1.82) is 0 Å². The molecule has 1 N–H and O–H groups in total. The van der Waals surface area contributed by atoms with E-state index in [9.17, 15) is 19.2 Å². The number of methoxy groups -OCH3 is 1. The Kier molecular flexibility index (Phi) is 7.78. The average molecular weight is 551 g/mol. The van der Waals surface area contributed by atoms with Crippen molar-refractivity contribution in [2.75, 3.05) is 18.6 Å². The van der Waals surface area contributed by atoms with E-state index in [0.717, 1.165) is 21.2 Å². The Morgan fingerprint density at radius 1 is 0.878 bits per heavy atom. The van der Waals surface area contributed by atoms with Crippen LogP contribution in [0.15, 0.2) is 90.5 Å². The van der Waals surface area contributed by atoms with Crippen molar-refractivity contribution in [1.82, 2.24) is 5.32 Å². The second kappa shape index (κ2) is 11.7. The summed E-state index contributed by atoms with van der Waals surface area (Å²) in [5.74, 6) is -1.24. The number of ether oxygens (including phenoxy) is 3. The molecule has 0 unspecified atom stereocenters. The van der Waals surface area contributed by atoms with Gasteiger partial charge in [0.05, 0.1) is 25.0 Å². The van der Waals surface area contributed by atoms with Crippen LogP contribution in [0.25, 0.3) is 16.8 Å². The predicted molar refractivity (Wildman–Crippen MR) is 153 cm³/mol. The summed E-state index contributed by atoms with van der Waals surface area (Å²) in [5.41, 5.74) is 1.71. The highest BCUT2D eigenvalue weighted by atomic mass is 16.5. The van der Waals surface area contributed by atoms with Gasteiger partial charge in [-0.1, -0.05) is 48.5 Å². The second-order valence-corrected chi connectivity index (χ2v) is 9.06. The van der Waals surface area contributed by atoms with E-state index in [1.165, 1.54) is 37.5 Å². The summed E-state index contributed by atoms with van der Waals surface area (Å²) < 4.78 is 16.6. The van der Waals surface area contributed by atoms with Gasteiger partial charge in [-0.2, -0.15) is 0 Å². The van der Waals surface area contributed by atoms with Crippen LogP contribution < -0.4 is 19.7 Å². The number of anilines is 1. The van der Waals surface area contributed by atoms with Crippen molar-refractivity contribution in [2.45, 2.75) is 13.5 Å². The van der Waals surface area contributed by atoms with Crippen LogP contribution in [0.2, 0.25) is 0 Å². The summed E-state index contributed by atoms with van der Waals surface area (Å²) in [6.07, 6.45) is 1.39. The largest absolute Gasteiger partial charge is 0.490 e. The van der Waals surface area contributed by atoms with E-state index in [0.29, 0.717) is 30.3 Å². The highest BCUT2D eigenvalue weighted by Gasteiger charge is 2.37. The second-order valence-electron chi connectivity index (χ2n) is 9.06. The highest BCUT2D eigenvalue weighted by Crippen LogP contribution is 2.32. The molecule has 1 aliphatic rings. The van der Waals surface area contributed by atoms with Gasteiger partial charge in [0, 0.05) is 0 Å². The Morgan fingerprint density at radius 2 is 1.63 bits per heavy atom. The number of carbonyl (C=O) groups is 4. The van der Waals surface area contributed by atoms with Gasteiger partial charge in [0.25, 0.3) is 11.8 Å². The van der Waals surface area contributed by atoms with E-state index < -0.39 is 23.8 Å². The third kappa shape index (κ3) is 5.65. The van der Waals surface area contributed by atoms with Gasteiger partial charge in [-0.3, -0.25) is 14.9 Å². The molecule has 9 nitrogen and oxygen atoms in total. The quantitative estimate of drug-likeness (QED) is 0.181. The first kappa shape index (κ1) is 27.1. The number of nitrogens with one attached hydrogen (secondary N) is 1. The monoisotopic (exact) mass is 550 g/mol. The molecular weight excluding hydrogens is 524 g/mol. The summed E-state index contributed by atoms with van der Waals surface area (Å²) in [6.45, 7) is 2.52. The van der Waals surface area contributed by atoms with Gasteiger partial charge in [0.1, 0.15) is 12.2 Å². The SMILES string of the molecule is CCOc1cc(/C=C2\C(=O)NC(=O)N(c3ccc(C(=O)OC)cc3)C2=O)ccc1OCc1cccc2ccccc12. The Bertz CT molecular complexity index is 1690. The lowest BCUT2D eigenvalue weighted by atomic mass is 10.1. The fourth-order valence-electron chi connectivity index (χ4n) is 4.50. The zero-order valence-electron chi connectivity index (χ0n) is 22.4. The van der Waals surface area contributed by atoms with Gasteiger partial charge in [-0.15, -0.1) is 0 Å². The van der Waals surface area contributed by atoms with Gasteiger partial charge in [-0.25, -0.2) is 14.5 Å². The first-order valence-corrected chi connectivity index (χ1v) is 12.9. The van der Waals surface area contributed by atoms with Crippen molar-refractivity contribution in [3.63, 3.8) is 0 Å². The average Bonchev–Trinajstić information content (AvgIpc) is 2.99. The fraction of sp³-hybridized carbons (Fsp3) is 0.125. The first-order chi connectivity index (χ1) is 19.9. The smallest absolute Gasteiger partial charge is 0.337 e. The van der Waals surface area contributed by atoms with E-state index in [2.05, 4.69) is 10.1 Å². The molecule has 4 aromatic carbocycles. The number of urea groups is 1. The van der Waals surface area contributed by atoms with Crippen molar-refractivity contribution in [3.05, 3.63) is 107 Å². The van der Waals surface area contributed by atoms with Crippen molar-refractivity contribution >= 4 is 46.4 Å². The van der Waals surface area contributed by atoms with Gasteiger partial charge in [0.15, 0.2) is 11.5 Å². The molecule has 0 atom stereocenters. The van der Waals surface area contributed by atoms with E-state index in [-0.39, 0.29) is 16.8 Å².